The van der Waals surface area contributed by atoms with Crippen LogP contribution in [0.5, 0.6) is 5.88 Å². The maximum atomic E-state index is 9.84. The molecule has 1 aliphatic rings. The maximum Gasteiger partial charge on any atom is 0.244 e. The predicted molar refractivity (Wildman–Crippen MR) is 110 cm³/mol. The smallest absolute Gasteiger partial charge is 0.244 e. The molecule has 0 fully saturated rings. The minimum absolute atomic E-state index is 0.0399. The van der Waals surface area contributed by atoms with Crippen molar-refractivity contribution in [1.29, 1.82) is 5.26 Å². The Labute approximate surface area is 173 Å². The fourth-order valence-corrected chi connectivity index (χ4v) is 4.12. The summed E-state index contributed by atoms with van der Waals surface area (Å²) in [5.74, 6) is -0.0673. The molecular formula is C21H21ClN6O. The second kappa shape index (κ2) is 7.30. The van der Waals surface area contributed by atoms with Crippen LogP contribution in [0.15, 0.2) is 35.7 Å². The lowest BCUT2D eigenvalue weighted by molar-refractivity contribution is 0.378. The van der Waals surface area contributed by atoms with Crippen LogP contribution < -0.4 is 10.5 Å². The lowest BCUT2D eigenvalue weighted by Crippen LogP contribution is -2.21. The van der Waals surface area contributed by atoms with Gasteiger partial charge in [-0.15, -0.1) is 5.10 Å². The Hall–Kier alpha value is -3.24. The van der Waals surface area contributed by atoms with Gasteiger partial charge in [-0.2, -0.15) is 10.4 Å². The van der Waals surface area contributed by atoms with E-state index >= 15 is 0 Å². The van der Waals surface area contributed by atoms with Crippen LogP contribution >= 0.6 is 11.6 Å². The van der Waals surface area contributed by atoms with E-state index in [-0.39, 0.29) is 5.88 Å². The normalized spacial score (nSPS) is 15.8. The molecule has 0 spiro atoms. The quantitative estimate of drug-likeness (QED) is 0.677. The van der Waals surface area contributed by atoms with Crippen molar-refractivity contribution in [2.75, 3.05) is 0 Å². The Bertz CT molecular complexity index is 1150. The Morgan fingerprint density at radius 2 is 2.00 bits per heavy atom. The van der Waals surface area contributed by atoms with E-state index in [1.807, 2.05) is 38.1 Å². The van der Waals surface area contributed by atoms with Crippen LogP contribution in [0.2, 0.25) is 5.15 Å². The fraction of sp³-hybridized carbons (Fsp3) is 0.286. The zero-order chi connectivity index (χ0) is 20.7. The summed E-state index contributed by atoms with van der Waals surface area (Å²) in [4.78, 5) is 0. The van der Waals surface area contributed by atoms with E-state index in [1.54, 1.807) is 4.68 Å². The number of hydrogen-bond donors (Lipinski definition) is 2. The van der Waals surface area contributed by atoms with Crippen molar-refractivity contribution < 1.29 is 4.74 Å². The summed E-state index contributed by atoms with van der Waals surface area (Å²) in [7, 11) is 0. The van der Waals surface area contributed by atoms with Gasteiger partial charge in [0.15, 0.2) is 0 Å². The lowest BCUT2D eigenvalue weighted by Gasteiger charge is -2.24. The molecule has 3 aromatic rings. The van der Waals surface area contributed by atoms with Crippen LogP contribution in [0.3, 0.4) is 0 Å². The number of allylic oxidation sites excluding steroid dienone is 1. The summed E-state index contributed by atoms with van der Waals surface area (Å²) in [6.07, 6.45) is 1.68. The molecule has 1 atom stereocenters. The summed E-state index contributed by atoms with van der Waals surface area (Å²) in [5, 5.41) is 22.2. The van der Waals surface area contributed by atoms with Crippen molar-refractivity contribution >= 4 is 11.6 Å². The highest BCUT2D eigenvalue weighted by molar-refractivity contribution is 6.30. The SMILES string of the molecule is CCCc1[nH]nc2c1[C@@H](c1c(C)nn(-c3ccc(C)cc3)c1Cl)C(C#N)=C(N)O2. The highest BCUT2D eigenvalue weighted by Gasteiger charge is 2.38. The minimum Gasteiger partial charge on any atom is -0.420 e. The molecule has 0 aliphatic carbocycles. The van der Waals surface area contributed by atoms with E-state index in [9.17, 15) is 5.26 Å². The first-order chi connectivity index (χ1) is 14.0. The fourth-order valence-electron chi connectivity index (χ4n) is 3.73. The first-order valence-corrected chi connectivity index (χ1v) is 9.80. The number of aromatic amines is 1. The molecule has 29 heavy (non-hydrogen) atoms. The third kappa shape index (κ3) is 3.06. The van der Waals surface area contributed by atoms with Gasteiger partial charge in [-0.25, -0.2) is 4.68 Å². The molecule has 8 heteroatoms. The first-order valence-electron chi connectivity index (χ1n) is 9.43. The molecule has 7 nitrogen and oxygen atoms in total. The van der Waals surface area contributed by atoms with Crippen LogP contribution in [0.25, 0.3) is 5.69 Å². The summed E-state index contributed by atoms with van der Waals surface area (Å²) in [5.41, 5.74) is 11.5. The number of fused-ring (bicyclic) bond motifs is 1. The molecule has 0 saturated heterocycles. The highest BCUT2D eigenvalue weighted by Crippen LogP contribution is 2.46. The van der Waals surface area contributed by atoms with Crippen molar-refractivity contribution in [3.63, 3.8) is 0 Å². The van der Waals surface area contributed by atoms with Gasteiger partial charge in [0.25, 0.3) is 0 Å². The van der Waals surface area contributed by atoms with E-state index in [2.05, 4.69) is 28.3 Å². The Kier molecular flexibility index (Phi) is 4.81. The number of aryl methyl sites for hydroxylation is 3. The van der Waals surface area contributed by atoms with E-state index in [1.165, 1.54) is 0 Å². The van der Waals surface area contributed by atoms with Gasteiger partial charge >= 0.3 is 0 Å². The number of nitriles is 1. The van der Waals surface area contributed by atoms with E-state index in [0.717, 1.165) is 46.6 Å². The standard InChI is InChI=1S/C21H21ClN6O/c1-4-5-15-18-17(14(10-23)20(24)29-21(18)26-25-15)16-12(3)27-28(19(16)22)13-8-6-11(2)7-9-13/h6-9,17H,4-5,24H2,1-3H3,(H,25,26)/t17-/m1/s1. The lowest BCUT2D eigenvalue weighted by atomic mass is 9.83. The number of ether oxygens (including phenoxy) is 1. The molecule has 3 heterocycles. The number of nitrogens with one attached hydrogen (secondary N) is 1. The number of aromatic nitrogens is 4. The van der Waals surface area contributed by atoms with Crippen molar-refractivity contribution in [3.05, 3.63) is 69.0 Å². The third-order valence-electron chi connectivity index (χ3n) is 5.13. The number of nitrogens with two attached hydrogens (primary N) is 1. The van der Waals surface area contributed by atoms with E-state index in [4.69, 9.17) is 22.1 Å². The van der Waals surface area contributed by atoms with Gasteiger partial charge in [-0.05, 0) is 32.4 Å². The largest absolute Gasteiger partial charge is 0.420 e. The van der Waals surface area contributed by atoms with Gasteiger partial charge in [-0.3, -0.25) is 5.10 Å². The monoisotopic (exact) mass is 408 g/mol. The summed E-state index contributed by atoms with van der Waals surface area (Å²) in [6.45, 7) is 5.98. The molecule has 0 amide bonds. The van der Waals surface area contributed by atoms with Crippen molar-refractivity contribution in [1.82, 2.24) is 20.0 Å². The molecule has 148 valence electrons. The second-order valence-electron chi connectivity index (χ2n) is 7.13. The molecular weight excluding hydrogens is 388 g/mol. The molecule has 0 bridgehead atoms. The van der Waals surface area contributed by atoms with Crippen LogP contribution in [0.4, 0.5) is 0 Å². The molecule has 0 radical (unpaired) electrons. The average molecular weight is 409 g/mol. The molecule has 4 rings (SSSR count). The van der Waals surface area contributed by atoms with Crippen LogP contribution in [0.1, 0.15) is 47.3 Å². The Morgan fingerprint density at radius 3 is 2.66 bits per heavy atom. The minimum atomic E-state index is -0.490. The van der Waals surface area contributed by atoms with Crippen molar-refractivity contribution in [2.24, 2.45) is 5.73 Å². The number of hydrogen-bond acceptors (Lipinski definition) is 5. The second-order valence-corrected chi connectivity index (χ2v) is 7.49. The van der Waals surface area contributed by atoms with Gasteiger partial charge in [0.1, 0.15) is 16.8 Å². The number of nitrogens with zero attached hydrogens (tertiary/aromatic N) is 4. The van der Waals surface area contributed by atoms with Gasteiger partial charge < -0.3 is 10.5 Å². The molecule has 1 aliphatic heterocycles. The molecule has 1 aromatic carbocycles. The molecule has 3 N–H and O–H groups in total. The van der Waals surface area contributed by atoms with Crippen molar-refractivity contribution in [3.8, 4) is 17.6 Å². The van der Waals surface area contributed by atoms with Gasteiger partial charge in [0.2, 0.25) is 11.8 Å². The molecule has 0 saturated carbocycles. The van der Waals surface area contributed by atoms with E-state index in [0.29, 0.717) is 16.6 Å². The number of H-pyrrole nitrogens is 1. The number of halogens is 1. The topological polar surface area (TPSA) is 106 Å². The maximum absolute atomic E-state index is 9.84. The number of rotatable bonds is 4. The van der Waals surface area contributed by atoms with Crippen molar-refractivity contribution in [2.45, 2.75) is 39.5 Å². The Balaban J connectivity index is 1.93. The summed E-state index contributed by atoms with van der Waals surface area (Å²) >= 11 is 6.83. The zero-order valence-corrected chi connectivity index (χ0v) is 17.2. The molecule has 0 unspecified atom stereocenters. The predicted octanol–water partition coefficient (Wildman–Crippen LogP) is 4.04. The number of benzene rings is 1. The van der Waals surface area contributed by atoms with Crippen LogP contribution in [-0.2, 0) is 6.42 Å². The highest BCUT2D eigenvalue weighted by atomic mass is 35.5. The summed E-state index contributed by atoms with van der Waals surface area (Å²) < 4.78 is 7.31. The van der Waals surface area contributed by atoms with E-state index < -0.39 is 5.92 Å². The van der Waals surface area contributed by atoms with Crippen LogP contribution in [-0.4, -0.2) is 20.0 Å². The van der Waals surface area contributed by atoms with Crippen LogP contribution in [0, 0.1) is 25.2 Å². The Morgan fingerprint density at radius 1 is 1.28 bits per heavy atom. The summed E-state index contributed by atoms with van der Waals surface area (Å²) in [6, 6.07) is 10.1. The average Bonchev–Trinajstić information content (AvgIpc) is 3.22. The van der Waals surface area contributed by atoms with Gasteiger partial charge in [0, 0.05) is 11.3 Å². The third-order valence-corrected chi connectivity index (χ3v) is 5.50. The van der Waals surface area contributed by atoms with Gasteiger partial charge in [-0.1, -0.05) is 42.6 Å². The zero-order valence-electron chi connectivity index (χ0n) is 16.5. The van der Waals surface area contributed by atoms with Gasteiger partial charge in [0.05, 0.1) is 22.9 Å². The molecule has 2 aromatic heterocycles. The first kappa shape index (κ1) is 19.1.